The van der Waals surface area contributed by atoms with E-state index >= 15 is 0 Å². The van der Waals surface area contributed by atoms with Crippen molar-refractivity contribution < 1.29 is 9.53 Å². The number of carbonyl (C=O) groups is 1. The van der Waals surface area contributed by atoms with Crippen molar-refractivity contribution in [2.75, 3.05) is 11.9 Å². The van der Waals surface area contributed by atoms with Crippen LogP contribution in [0.15, 0.2) is 36.5 Å². The summed E-state index contributed by atoms with van der Waals surface area (Å²) in [6, 6.07) is 10.3. The molecule has 124 valence electrons. The van der Waals surface area contributed by atoms with Gasteiger partial charge in [-0.25, -0.2) is 0 Å². The molecule has 0 saturated carbocycles. The smallest absolute Gasteiger partial charge is 0.316 e. The van der Waals surface area contributed by atoms with Crippen molar-refractivity contribution in [3.63, 3.8) is 0 Å². The van der Waals surface area contributed by atoms with E-state index in [1.54, 1.807) is 0 Å². The maximum atomic E-state index is 12.4. The van der Waals surface area contributed by atoms with Gasteiger partial charge in [-0.3, -0.25) is 4.79 Å². The molecule has 0 aliphatic rings. The first-order valence-corrected chi connectivity index (χ1v) is 7.90. The van der Waals surface area contributed by atoms with Crippen LogP contribution in [0.1, 0.15) is 18.3 Å². The Morgan fingerprint density at radius 2 is 1.88 bits per heavy atom. The van der Waals surface area contributed by atoms with E-state index in [9.17, 15) is 4.79 Å². The number of anilines is 1. The first kappa shape index (κ1) is 16.0. The fraction of sp³-hybridized carbons (Fsp3) is 0.278. The average Bonchev–Trinajstić information content (AvgIpc) is 2.94. The summed E-state index contributed by atoms with van der Waals surface area (Å²) in [6.45, 7) is 6.28. The van der Waals surface area contributed by atoms with Crippen molar-refractivity contribution in [2.24, 2.45) is 0 Å². The van der Waals surface area contributed by atoms with E-state index in [1.165, 1.54) is 0 Å². The van der Waals surface area contributed by atoms with Gasteiger partial charge in [0.25, 0.3) is 0 Å². The molecule has 2 aromatic heterocycles. The lowest BCUT2D eigenvalue weighted by Gasteiger charge is -2.12. The Morgan fingerprint density at radius 3 is 2.58 bits per heavy atom. The van der Waals surface area contributed by atoms with Gasteiger partial charge in [0.05, 0.1) is 23.7 Å². The Labute approximate surface area is 140 Å². The van der Waals surface area contributed by atoms with E-state index in [-0.39, 0.29) is 12.5 Å². The molecule has 0 unspecified atom stereocenters. The van der Waals surface area contributed by atoms with Crippen LogP contribution < -0.4 is 10.1 Å². The monoisotopic (exact) mass is 324 g/mol. The van der Waals surface area contributed by atoms with Gasteiger partial charge in [-0.15, -0.1) is 0 Å². The number of hydrogen-bond donors (Lipinski definition) is 1. The van der Waals surface area contributed by atoms with Gasteiger partial charge in [-0.1, -0.05) is 18.2 Å². The third kappa shape index (κ3) is 3.22. The molecule has 0 spiro atoms. The van der Waals surface area contributed by atoms with Crippen molar-refractivity contribution in [3.8, 4) is 6.01 Å². The van der Waals surface area contributed by atoms with Crippen LogP contribution in [0.2, 0.25) is 0 Å². The van der Waals surface area contributed by atoms with Gasteiger partial charge < -0.3 is 14.6 Å². The highest BCUT2D eigenvalue weighted by Gasteiger charge is 2.13. The van der Waals surface area contributed by atoms with Crippen LogP contribution in [0, 0.1) is 13.8 Å². The predicted molar refractivity (Wildman–Crippen MR) is 93.2 cm³/mol. The maximum absolute atomic E-state index is 12.4. The standard InChI is InChI=1S/C18H20N4O2/c1-4-24-18-19-12(2)17(13(3)20-18)21-16(23)11-22-10-9-14-7-5-6-8-15(14)22/h5-10H,4,11H2,1-3H3,(H,21,23). The summed E-state index contributed by atoms with van der Waals surface area (Å²) in [6.07, 6.45) is 1.92. The second kappa shape index (κ2) is 6.70. The third-order valence-corrected chi connectivity index (χ3v) is 3.78. The zero-order valence-corrected chi connectivity index (χ0v) is 14.0. The Bertz CT molecular complexity index is 863. The number of nitrogens with one attached hydrogen (secondary N) is 1. The molecule has 0 radical (unpaired) electrons. The van der Waals surface area contributed by atoms with E-state index in [1.807, 2.05) is 61.9 Å². The summed E-state index contributed by atoms with van der Waals surface area (Å²) < 4.78 is 7.24. The molecular weight excluding hydrogens is 304 g/mol. The van der Waals surface area contributed by atoms with Crippen molar-refractivity contribution in [3.05, 3.63) is 47.9 Å². The molecule has 0 bridgehead atoms. The molecule has 0 atom stereocenters. The van der Waals surface area contributed by atoms with Crippen molar-refractivity contribution >= 4 is 22.5 Å². The molecule has 0 aliphatic carbocycles. The highest BCUT2D eigenvalue weighted by atomic mass is 16.5. The summed E-state index contributed by atoms with van der Waals surface area (Å²) in [7, 11) is 0. The number of carbonyl (C=O) groups excluding carboxylic acids is 1. The van der Waals surface area contributed by atoms with E-state index in [0.717, 1.165) is 10.9 Å². The van der Waals surface area contributed by atoms with E-state index in [4.69, 9.17) is 4.74 Å². The van der Waals surface area contributed by atoms with Gasteiger partial charge >= 0.3 is 6.01 Å². The molecule has 1 aromatic carbocycles. The summed E-state index contributed by atoms with van der Waals surface area (Å²) in [5.41, 5.74) is 3.05. The van der Waals surface area contributed by atoms with Crippen LogP contribution in [0.3, 0.4) is 0 Å². The number of amides is 1. The molecular formula is C18H20N4O2. The minimum atomic E-state index is -0.115. The number of aromatic nitrogens is 3. The van der Waals surface area contributed by atoms with Gasteiger partial charge in [-0.05, 0) is 38.3 Å². The SMILES string of the molecule is CCOc1nc(C)c(NC(=O)Cn2ccc3ccccc32)c(C)n1. The predicted octanol–water partition coefficient (Wildman–Crippen LogP) is 3.09. The quantitative estimate of drug-likeness (QED) is 0.783. The van der Waals surface area contributed by atoms with Crippen molar-refractivity contribution in [1.29, 1.82) is 0 Å². The van der Waals surface area contributed by atoms with Gasteiger partial charge in [0.1, 0.15) is 6.54 Å². The van der Waals surface area contributed by atoms with Gasteiger partial charge in [-0.2, -0.15) is 9.97 Å². The maximum Gasteiger partial charge on any atom is 0.316 e. The van der Waals surface area contributed by atoms with Gasteiger partial charge in [0.15, 0.2) is 0 Å². The molecule has 0 fully saturated rings. The molecule has 3 rings (SSSR count). The Hall–Kier alpha value is -2.89. The van der Waals surface area contributed by atoms with Crippen LogP contribution in [-0.4, -0.2) is 27.0 Å². The fourth-order valence-corrected chi connectivity index (χ4v) is 2.67. The third-order valence-electron chi connectivity index (χ3n) is 3.78. The molecule has 0 aliphatic heterocycles. The molecule has 2 heterocycles. The highest BCUT2D eigenvalue weighted by Crippen LogP contribution is 2.20. The fourth-order valence-electron chi connectivity index (χ4n) is 2.67. The second-order valence-corrected chi connectivity index (χ2v) is 5.54. The number of para-hydroxylation sites is 1. The zero-order chi connectivity index (χ0) is 17.1. The van der Waals surface area contributed by atoms with Gasteiger partial charge in [0, 0.05) is 11.7 Å². The molecule has 1 N–H and O–H groups in total. The number of fused-ring (bicyclic) bond motifs is 1. The Kier molecular flexibility index (Phi) is 4.46. The van der Waals surface area contributed by atoms with E-state index < -0.39 is 0 Å². The largest absolute Gasteiger partial charge is 0.464 e. The van der Waals surface area contributed by atoms with Crippen LogP contribution in [-0.2, 0) is 11.3 Å². The highest BCUT2D eigenvalue weighted by molar-refractivity contribution is 5.93. The van der Waals surface area contributed by atoms with Crippen LogP contribution >= 0.6 is 0 Å². The number of ether oxygens (including phenoxy) is 1. The Balaban J connectivity index is 1.78. The lowest BCUT2D eigenvalue weighted by Crippen LogP contribution is -2.20. The van der Waals surface area contributed by atoms with E-state index in [2.05, 4.69) is 15.3 Å². The molecule has 1 amide bonds. The molecule has 24 heavy (non-hydrogen) atoms. The first-order valence-electron chi connectivity index (χ1n) is 7.90. The zero-order valence-electron chi connectivity index (χ0n) is 14.0. The lowest BCUT2D eigenvalue weighted by molar-refractivity contribution is -0.116. The molecule has 6 heteroatoms. The van der Waals surface area contributed by atoms with Crippen LogP contribution in [0.5, 0.6) is 6.01 Å². The topological polar surface area (TPSA) is 69.0 Å². The van der Waals surface area contributed by atoms with E-state index in [0.29, 0.717) is 29.7 Å². The second-order valence-electron chi connectivity index (χ2n) is 5.54. The molecule has 6 nitrogen and oxygen atoms in total. The van der Waals surface area contributed by atoms with Crippen molar-refractivity contribution in [2.45, 2.75) is 27.3 Å². The summed E-state index contributed by atoms with van der Waals surface area (Å²) in [5.74, 6) is -0.115. The number of hydrogen-bond acceptors (Lipinski definition) is 4. The minimum Gasteiger partial charge on any atom is -0.464 e. The molecule has 3 aromatic rings. The van der Waals surface area contributed by atoms with Crippen molar-refractivity contribution in [1.82, 2.24) is 14.5 Å². The van der Waals surface area contributed by atoms with Crippen LogP contribution in [0.4, 0.5) is 5.69 Å². The number of nitrogens with zero attached hydrogens (tertiary/aromatic N) is 3. The molecule has 0 saturated heterocycles. The number of benzene rings is 1. The average molecular weight is 324 g/mol. The minimum absolute atomic E-state index is 0.115. The van der Waals surface area contributed by atoms with Crippen LogP contribution in [0.25, 0.3) is 10.9 Å². The number of aryl methyl sites for hydroxylation is 2. The summed E-state index contributed by atoms with van der Waals surface area (Å²) in [4.78, 5) is 21.0. The Morgan fingerprint density at radius 1 is 1.17 bits per heavy atom. The normalized spacial score (nSPS) is 10.8. The summed E-state index contributed by atoms with van der Waals surface area (Å²) >= 11 is 0. The van der Waals surface area contributed by atoms with Gasteiger partial charge in [0.2, 0.25) is 5.91 Å². The number of rotatable bonds is 5. The summed E-state index contributed by atoms with van der Waals surface area (Å²) in [5, 5.41) is 4.02. The lowest BCUT2D eigenvalue weighted by atomic mass is 10.2. The first-order chi connectivity index (χ1) is 11.6.